The Labute approximate surface area is 86.3 Å². The minimum atomic E-state index is 0.524. The molecule has 0 heterocycles. The van der Waals surface area contributed by atoms with E-state index in [0.29, 0.717) is 21.4 Å². The molecule has 1 rings (SSSR count). The van der Waals surface area contributed by atoms with Crippen LogP contribution < -0.4 is 14.6 Å². The van der Waals surface area contributed by atoms with Crippen LogP contribution in [-0.4, -0.2) is 14.2 Å². The van der Waals surface area contributed by atoms with Crippen molar-refractivity contribution >= 4 is 23.5 Å². The van der Waals surface area contributed by atoms with E-state index in [1.807, 2.05) is 0 Å². The Morgan fingerprint density at radius 3 is 2.46 bits per heavy atom. The summed E-state index contributed by atoms with van der Waals surface area (Å²) in [6.45, 7) is 0. The van der Waals surface area contributed by atoms with Crippen LogP contribution in [0.2, 0.25) is 5.02 Å². The van der Waals surface area contributed by atoms with Gasteiger partial charge in [-0.3, -0.25) is 5.14 Å². The molecule has 0 unspecified atom stereocenters. The van der Waals surface area contributed by atoms with Crippen LogP contribution in [0, 0.1) is 0 Å². The van der Waals surface area contributed by atoms with Crippen LogP contribution in [0.25, 0.3) is 0 Å². The fourth-order valence-electron chi connectivity index (χ4n) is 0.983. The van der Waals surface area contributed by atoms with Crippen LogP contribution in [0.15, 0.2) is 17.0 Å². The molecule has 0 aliphatic rings. The average molecular weight is 220 g/mol. The van der Waals surface area contributed by atoms with Crippen LogP contribution >= 0.6 is 23.5 Å². The molecule has 3 nitrogen and oxygen atoms in total. The zero-order valence-electron chi connectivity index (χ0n) is 7.33. The molecule has 0 atom stereocenters. The zero-order valence-corrected chi connectivity index (χ0v) is 8.91. The number of hydrogen-bond donors (Lipinski definition) is 1. The molecule has 1 aromatic carbocycles. The van der Waals surface area contributed by atoms with E-state index in [4.69, 9.17) is 26.2 Å². The number of rotatable bonds is 3. The lowest BCUT2D eigenvalue weighted by molar-refractivity contribution is 0.376. The summed E-state index contributed by atoms with van der Waals surface area (Å²) in [5, 5.41) is 5.99. The lowest BCUT2D eigenvalue weighted by Gasteiger charge is -2.11. The molecule has 0 aliphatic heterocycles. The zero-order chi connectivity index (χ0) is 9.84. The SMILES string of the molecule is COc1ccc(Cl)c(OC)c1SN. The van der Waals surface area contributed by atoms with Crippen LogP contribution in [0.4, 0.5) is 0 Å². The predicted molar refractivity (Wildman–Crippen MR) is 54.6 cm³/mol. The van der Waals surface area contributed by atoms with Crippen molar-refractivity contribution in [3.8, 4) is 11.5 Å². The Morgan fingerprint density at radius 1 is 1.31 bits per heavy atom. The Balaban J connectivity index is 3.27. The predicted octanol–water partition coefficient (Wildman–Crippen LogP) is 2.32. The number of ether oxygens (including phenoxy) is 2. The monoisotopic (exact) mass is 219 g/mol. The van der Waals surface area contributed by atoms with Gasteiger partial charge in [-0.2, -0.15) is 0 Å². The molecular formula is C8H10ClNO2S. The van der Waals surface area contributed by atoms with E-state index in [1.54, 1.807) is 26.4 Å². The molecule has 2 N–H and O–H groups in total. The van der Waals surface area contributed by atoms with Gasteiger partial charge in [-0.05, 0) is 24.1 Å². The van der Waals surface area contributed by atoms with Gasteiger partial charge in [0.2, 0.25) is 0 Å². The quantitative estimate of drug-likeness (QED) is 0.793. The first-order valence-corrected chi connectivity index (χ1v) is 4.77. The van der Waals surface area contributed by atoms with Crippen molar-refractivity contribution in [1.82, 2.24) is 0 Å². The second-order valence-corrected chi connectivity index (χ2v) is 3.28. The summed E-state index contributed by atoms with van der Waals surface area (Å²) in [5.74, 6) is 1.21. The minimum absolute atomic E-state index is 0.524. The van der Waals surface area contributed by atoms with Gasteiger partial charge in [0.25, 0.3) is 0 Å². The Morgan fingerprint density at radius 2 is 2.00 bits per heavy atom. The van der Waals surface area contributed by atoms with Gasteiger partial charge in [-0.25, -0.2) is 0 Å². The van der Waals surface area contributed by atoms with Crippen molar-refractivity contribution in [3.05, 3.63) is 17.2 Å². The molecule has 72 valence electrons. The molecule has 0 aliphatic carbocycles. The summed E-state index contributed by atoms with van der Waals surface area (Å²) < 4.78 is 10.2. The summed E-state index contributed by atoms with van der Waals surface area (Å²) in [4.78, 5) is 0.706. The third kappa shape index (κ3) is 2.02. The second kappa shape index (κ2) is 4.60. The highest BCUT2D eigenvalue weighted by molar-refractivity contribution is 7.97. The van der Waals surface area contributed by atoms with Crippen molar-refractivity contribution < 1.29 is 9.47 Å². The standard InChI is InChI=1S/C8H10ClNO2S/c1-11-6-4-3-5(9)7(12-2)8(6)13-10/h3-4H,10H2,1-2H3. The molecule has 0 radical (unpaired) electrons. The van der Waals surface area contributed by atoms with Crippen molar-refractivity contribution in [2.45, 2.75) is 4.90 Å². The van der Waals surface area contributed by atoms with Gasteiger partial charge in [0.05, 0.1) is 19.2 Å². The van der Waals surface area contributed by atoms with Gasteiger partial charge in [-0.15, -0.1) is 0 Å². The summed E-state index contributed by atoms with van der Waals surface area (Å²) in [6.07, 6.45) is 0. The second-order valence-electron chi connectivity index (χ2n) is 2.23. The topological polar surface area (TPSA) is 44.5 Å². The summed E-state index contributed by atoms with van der Waals surface area (Å²) in [7, 11) is 3.11. The summed E-state index contributed by atoms with van der Waals surface area (Å²) >= 11 is 6.94. The van der Waals surface area contributed by atoms with Gasteiger partial charge < -0.3 is 9.47 Å². The van der Waals surface area contributed by atoms with Crippen molar-refractivity contribution in [1.29, 1.82) is 0 Å². The lowest BCUT2D eigenvalue weighted by atomic mass is 10.3. The molecule has 0 saturated heterocycles. The maximum Gasteiger partial charge on any atom is 0.156 e. The molecular weight excluding hydrogens is 210 g/mol. The maximum absolute atomic E-state index is 5.89. The highest BCUT2D eigenvalue weighted by Gasteiger charge is 2.12. The Bertz CT molecular complexity index is 306. The number of nitrogens with two attached hydrogens (primary N) is 1. The van der Waals surface area contributed by atoms with E-state index in [2.05, 4.69) is 0 Å². The summed E-state index contributed by atoms with van der Waals surface area (Å²) in [6, 6.07) is 3.46. The first-order chi connectivity index (χ1) is 6.24. The molecule has 5 heteroatoms. The van der Waals surface area contributed by atoms with Gasteiger partial charge in [-0.1, -0.05) is 11.6 Å². The normalized spacial score (nSPS) is 9.85. The van der Waals surface area contributed by atoms with Crippen LogP contribution in [-0.2, 0) is 0 Å². The van der Waals surface area contributed by atoms with Crippen molar-refractivity contribution in [2.24, 2.45) is 5.14 Å². The van der Waals surface area contributed by atoms with Crippen LogP contribution in [0.3, 0.4) is 0 Å². The van der Waals surface area contributed by atoms with Gasteiger partial charge in [0, 0.05) is 0 Å². The Hall–Kier alpha value is -0.580. The minimum Gasteiger partial charge on any atom is -0.495 e. The fraction of sp³-hybridized carbons (Fsp3) is 0.250. The first-order valence-electron chi connectivity index (χ1n) is 3.51. The molecule has 0 saturated carbocycles. The number of hydrogen-bond acceptors (Lipinski definition) is 4. The molecule has 0 fully saturated rings. The highest BCUT2D eigenvalue weighted by atomic mass is 35.5. The van der Waals surface area contributed by atoms with Crippen LogP contribution in [0.5, 0.6) is 11.5 Å². The maximum atomic E-state index is 5.89. The molecule has 0 amide bonds. The van der Waals surface area contributed by atoms with E-state index in [-0.39, 0.29) is 0 Å². The van der Waals surface area contributed by atoms with E-state index in [1.165, 1.54) is 0 Å². The third-order valence-electron chi connectivity index (χ3n) is 1.57. The van der Waals surface area contributed by atoms with Crippen LogP contribution in [0.1, 0.15) is 0 Å². The van der Waals surface area contributed by atoms with E-state index < -0.39 is 0 Å². The molecule has 0 aromatic heterocycles. The lowest BCUT2D eigenvalue weighted by Crippen LogP contribution is -1.94. The van der Waals surface area contributed by atoms with Crippen molar-refractivity contribution in [2.75, 3.05) is 14.2 Å². The van der Waals surface area contributed by atoms with Gasteiger partial charge >= 0.3 is 0 Å². The molecule has 0 bridgehead atoms. The van der Waals surface area contributed by atoms with E-state index in [9.17, 15) is 0 Å². The smallest absolute Gasteiger partial charge is 0.156 e. The van der Waals surface area contributed by atoms with Gasteiger partial charge in [0.1, 0.15) is 10.6 Å². The molecule has 13 heavy (non-hydrogen) atoms. The van der Waals surface area contributed by atoms with Gasteiger partial charge in [0.15, 0.2) is 5.75 Å². The molecule has 1 aromatic rings. The number of benzene rings is 1. The average Bonchev–Trinajstić information content (AvgIpc) is 2.17. The third-order valence-corrected chi connectivity index (χ3v) is 2.49. The largest absolute Gasteiger partial charge is 0.495 e. The Kier molecular flexibility index (Phi) is 3.71. The first kappa shape index (κ1) is 10.5. The number of methoxy groups -OCH3 is 2. The number of halogens is 1. The molecule has 0 spiro atoms. The fourth-order valence-corrected chi connectivity index (χ4v) is 1.84. The van der Waals surface area contributed by atoms with E-state index >= 15 is 0 Å². The highest BCUT2D eigenvalue weighted by Crippen LogP contribution is 2.40. The van der Waals surface area contributed by atoms with E-state index in [0.717, 1.165) is 11.9 Å². The van der Waals surface area contributed by atoms with Crippen molar-refractivity contribution in [3.63, 3.8) is 0 Å². The summed E-state index contributed by atoms with van der Waals surface area (Å²) in [5.41, 5.74) is 0.